The number of carbonyl (C=O) groups is 2. The van der Waals surface area contributed by atoms with Crippen molar-refractivity contribution < 1.29 is 19.4 Å². The molecule has 2 amide bonds. The molecule has 1 atom stereocenters. The number of ether oxygens (including phenoxy) is 1. The summed E-state index contributed by atoms with van der Waals surface area (Å²) in [5.41, 5.74) is 1.00. The van der Waals surface area contributed by atoms with E-state index in [0.717, 1.165) is 25.7 Å². The molecule has 0 radical (unpaired) electrons. The average molecular weight is 417 g/mol. The molecule has 1 unspecified atom stereocenters. The monoisotopic (exact) mass is 416 g/mol. The first-order chi connectivity index (χ1) is 13.5. The minimum Gasteiger partial charge on any atom is -0.444 e. The summed E-state index contributed by atoms with van der Waals surface area (Å²) in [5, 5.41) is 24.7. The number of nitrogens with one attached hydrogen (secondary N) is 5. The fourth-order valence-electron chi connectivity index (χ4n) is 2.43. The van der Waals surface area contributed by atoms with E-state index in [0.29, 0.717) is 19.4 Å². The van der Waals surface area contributed by atoms with Crippen LogP contribution in [-0.4, -0.2) is 47.7 Å². The van der Waals surface area contributed by atoms with Gasteiger partial charge in [-0.25, -0.2) is 14.9 Å². The van der Waals surface area contributed by atoms with Crippen molar-refractivity contribution in [3.05, 3.63) is 10.1 Å². The van der Waals surface area contributed by atoms with Crippen LogP contribution in [0.4, 0.5) is 4.79 Å². The van der Waals surface area contributed by atoms with Gasteiger partial charge in [-0.3, -0.25) is 10.2 Å². The van der Waals surface area contributed by atoms with Crippen LogP contribution in [0, 0.1) is 15.5 Å². The molecule has 0 rings (SSSR count). The molecule has 0 aromatic carbocycles. The van der Waals surface area contributed by atoms with E-state index in [4.69, 9.17) is 10.1 Å². The zero-order chi connectivity index (χ0) is 22.3. The van der Waals surface area contributed by atoms with Gasteiger partial charge in [-0.05, 0) is 40.0 Å². The van der Waals surface area contributed by atoms with E-state index in [2.05, 4.69) is 22.9 Å². The van der Waals surface area contributed by atoms with Gasteiger partial charge in [0, 0.05) is 13.1 Å². The molecular weight excluding hydrogens is 380 g/mol. The minimum absolute atomic E-state index is 0.233. The Morgan fingerprint density at radius 3 is 2.28 bits per heavy atom. The number of hydrazine groups is 1. The molecule has 0 aromatic rings. The zero-order valence-electron chi connectivity index (χ0n) is 17.9. The van der Waals surface area contributed by atoms with Gasteiger partial charge in [0.25, 0.3) is 5.96 Å². The number of hydrogen-bond donors (Lipinski definition) is 5. The number of nitrogens with zero attached hydrogens (tertiary/aromatic N) is 1. The number of rotatable bonds is 13. The van der Waals surface area contributed by atoms with Crippen molar-refractivity contribution in [2.75, 3.05) is 13.1 Å². The van der Waals surface area contributed by atoms with Crippen LogP contribution in [0.3, 0.4) is 0 Å². The molecule has 0 heterocycles. The van der Waals surface area contributed by atoms with Crippen molar-refractivity contribution in [1.82, 2.24) is 21.4 Å². The fraction of sp³-hybridized carbons (Fsp3) is 0.833. The molecule has 0 saturated heterocycles. The standard InChI is InChI=1S/C18H36N6O5/c1-5-6-7-8-9-12-20-15(25)14(22-17(26)29-18(2,3)4)11-10-13-21-16(19)23-24(27)28/h14H,5-13H2,1-4H3,(H,20,25)(H,22,26)(H3,19,21,23). The van der Waals surface area contributed by atoms with Gasteiger partial charge in [0.05, 0.1) is 0 Å². The van der Waals surface area contributed by atoms with E-state index in [9.17, 15) is 19.7 Å². The average Bonchev–Trinajstić information content (AvgIpc) is 2.58. The third kappa shape index (κ3) is 16.1. The molecule has 11 nitrogen and oxygen atoms in total. The fourth-order valence-corrected chi connectivity index (χ4v) is 2.43. The number of amides is 2. The highest BCUT2D eigenvalue weighted by Crippen LogP contribution is 2.08. The normalized spacial score (nSPS) is 11.9. The molecule has 0 aliphatic heterocycles. The maximum atomic E-state index is 12.5. The Morgan fingerprint density at radius 1 is 1.07 bits per heavy atom. The summed E-state index contributed by atoms with van der Waals surface area (Å²) in [4.78, 5) is 34.8. The quantitative estimate of drug-likeness (QED) is 0.101. The molecule has 0 fully saturated rings. The second-order valence-electron chi connectivity index (χ2n) is 7.72. The van der Waals surface area contributed by atoms with Crippen molar-refractivity contribution in [3.63, 3.8) is 0 Å². The van der Waals surface area contributed by atoms with Gasteiger partial charge in [0.15, 0.2) is 5.03 Å². The van der Waals surface area contributed by atoms with Crippen molar-refractivity contribution in [2.24, 2.45) is 0 Å². The molecule has 0 bridgehead atoms. The Hall–Kier alpha value is -2.59. The summed E-state index contributed by atoms with van der Waals surface area (Å²) < 4.78 is 5.21. The highest BCUT2D eigenvalue weighted by molar-refractivity contribution is 5.85. The molecule has 0 saturated carbocycles. The molecule has 0 aliphatic rings. The van der Waals surface area contributed by atoms with Gasteiger partial charge in [-0.1, -0.05) is 38.0 Å². The van der Waals surface area contributed by atoms with Gasteiger partial charge in [0.2, 0.25) is 5.91 Å². The van der Waals surface area contributed by atoms with Gasteiger partial charge >= 0.3 is 6.09 Å². The van der Waals surface area contributed by atoms with Gasteiger partial charge in [-0.2, -0.15) is 0 Å². The van der Waals surface area contributed by atoms with E-state index < -0.39 is 28.7 Å². The maximum absolute atomic E-state index is 12.5. The summed E-state index contributed by atoms with van der Waals surface area (Å²) in [5.74, 6) is -0.743. The third-order valence-corrected chi connectivity index (χ3v) is 3.76. The topological polar surface area (TPSA) is 158 Å². The predicted molar refractivity (Wildman–Crippen MR) is 110 cm³/mol. The van der Waals surface area contributed by atoms with Crippen molar-refractivity contribution in [1.29, 1.82) is 5.41 Å². The van der Waals surface area contributed by atoms with Gasteiger partial charge < -0.3 is 20.7 Å². The minimum atomic E-state index is -0.837. The highest BCUT2D eigenvalue weighted by Gasteiger charge is 2.24. The van der Waals surface area contributed by atoms with E-state index in [1.807, 2.05) is 0 Å². The van der Waals surface area contributed by atoms with E-state index in [1.165, 1.54) is 6.42 Å². The second-order valence-corrected chi connectivity index (χ2v) is 7.72. The number of nitro groups is 1. The summed E-state index contributed by atoms with van der Waals surface area (Å²) >= 11 is 0. The first-order valence-corrected chi connectivity index (χ1v) is 10.1. The molecule has 0 aromatic heterocycles. The Balaban J connectivity index is 4.51. The summed E-state index contributed by atoms with van der Waals surface area (Å²) in [6.45, 7) is 8.10. The number of hydrogen-bond acceptors (Lipinski definition) is 6. The largest absolute Gasteiger partial charge is 0.444 e. The lowest BCUT2D eigenvalue weighted by Crippen LogP contribution is -2.48. The maximum Gasteiger partial charge on any atom is 0.408 e. The molecule has 29 heavy (non-hydrogen) atoms. The van der Waals surface area contributed by atoms with Crippen LogP contribution in [0.25, 0.3) is 0 Å². The van der Waals surface area contributed by atoms with E-state index >= 15 is 0 Å². The molecule has 0 aliphatic carbocycles. The van der Waals surface area contributed by atoms with Crippen LogP contribution in [-0.2, 0) is 9.53 Å². The Kier molecular flexibility index (Phi) is 13.1. The molecule has 168 valence electrons. The number of unbranched alkanes of at least 4 members (excludes halogenated alkanes) is 4. The summed E-state index contributed by atoms with van der Waals surface area (Å²) in [7, 11) is 0. The number of carbonyl (C=O) groups excluding carboxylic acids is 2. The predicted octanol–water partition coefficient (Wildman–Crippen LogP) is 2.05. The van der Waals surface area contributed by atoms with Crippen molar-refractivity contribution in [2.45, 2.75) is 84.3 Å². The van der Waals surface area contributed by atoms with Crippen LogP contribution >= 0.6 is 0 Å². The Morgan fingerprint density at radius 2 is 1.69 bits per heavy atom. The molecule has 0 spiro atoms. The first kappa shape index (κ1) is 26.4. The second kappa shape index (κ2) is 14.4. The van der Waals surface area contributed by atoms with Crippen molar-refractivity contribution in [3.8, 4) is 0 Å². The Bertz CT molecular complexity index is 535. The number of guanidine groups is 1. The Labute approximate surface area is 172 Å². The number of alkyl carbamates (subject to hydrolysis) is 1. The van der Waals surface area contributed by atoms with Crippen LogP contribution in [0.2, 0.25) is 0 Å². The smallest absolute Gasteiger partial charge is 0.408 e. The molecular formula is C18H36N6O5. The van der Waals surface area contributed by atoms with Crippen LogP contribution < -0.4 is 21.4 Å². The van der Waals surface area contributed by atoms with E-state index in [-0.39, 0.29) is 12.5 Å². The molecule has 5 N–H and O–H groups in total. The summed E-state index contributed by atoms with van der Waals surface area (Å²) in [6.07, 6.45) is 5.37. The first-order valence-electron chi connectivity index (χ1n) is 10.1. The van der Waals surface area contributed by atoms with Gasteiger partial charge in [-0.15, -0.1) is 0 Å². The summed E-state index contributed by atoms with van der Waals surface area (Å²) in [6, 6.07) is -0.792. The van der Waals surface area contributed by atoms with Gasteiger partial charge in [0.1, 0.15) is 11.6 Å². The zero-order valence-corrected chi connectivity index (χ0v) is 17.9. The lowest BCUT2D eigenvalue weighted by Gasteiger charge is -2.23. The highest BCUT2D eigenvalue weighted by atomic mass is 16.7. The van der Waals surface area contributed by atoms with E-state index in [1.54, 1.807) is 26.2 Å². The molecule has 11 heteroatoms. The van der Waals surface area contributed by atoms with Crippen LogP contribution in [0.5, 0.6) is 0 Å². The van der Waals surface area contributed by atoms with Crippen LogP contribution in [0.1, 0.15) is 72.6 Å². The lowest BCUT2D eigenvalue weighted by molar-refractivity contribution is -0.525. The SMILES string of the molecule is CCCCCCCNC(=O)C(CCCNC(=N)N[N+](=O)[O-])NC(=O)OC(C)(C)C. The lowest BCUT2D eigenvalue weighted by atomic mass is 10.1. The van der Waals surface area contributed by atoms with Crippen molar-refractivity contribution >= 4 is 18.0 Å². The van der Waals surface area contributed by atoms with Crippen LogP contribution in [0.15, 0.2) is 0 Å². The third-order valence-electron chi connectivity index (χ3n) is 3.76.